The fourth-order valence-corrected chi connectivity index (χ4v) is 5.43. The third kappa shape index (κ3) is 4.35. The van der Waals surface area contributed by atoms with Gasteiger partial charge in [0, 0.05) is 37.4 Å². The molecule has 0 bridgehead atoms. The van der Waals surface area contributed by atoms with Gasteiger partial charge in [0.1, 0.15) is 0 Å². The fourth-order valence-electron chi connectivity index (χ4n) is 3.97. The number of amides is 2. The number of piperidine rings is 1. The molecule has 2 aliphatic rings. The molecule has 2 fully saturated rings. The Morgan fingerprint density at radius 3 is 2.50 bits per heavy atom. The van der Waals surface area contributed by atoms with Crippen LogP contribution in [0.5, 0.6) is 0 Å². The van der Waals surface area contributed by atoms with Crippen LogP contribution in [0.25, 0.3) is 0 Å². The van der Waals surface area contributed by atoms with Gasteiger partial charge in [0.2, 0.25) is 5.91 Å². The van der Waals surface area contributed by atoms with E-state index in [1.807, 2.05) is 52.8 Å². The van der Waals surface area contributed by atoms with Gasteiger partial charge in [-0.2, -0.15) is 0 Å². The number of esters is 1. The molecule has 2 amide bonds. The lowest BCUT2D eigenvalue weighted by molar-refractivity contribution is -0.146. The molecular weight excluding hydrogens is 376 g/mol. The van der Waals surface area contributed by atoms with Crippen molar-refractivity contribution in [2.24, 2.45) is 0 Å². The van der Waals surface area contributed by atoms with Crippen LogP contribution in [0, 0.1) is 6.92 Å². The van der Waals surface area contributed by atoms with Crippen molar-refractivity contribution in [3.63, 3.8) is 0 Å². The predicted molar refractivity (Wildman–Crippen MR) is 109 cm³/mol. The van der Waals surface area contributed by atoms with Gasteiger partial charge in [-0.3, -0.25) is 14.4 Å². The quantitative estimate of drug-likeness (QED) is 0.706. The molecule has 0 aromatic heterocycles. The minimum absolute atomic E-state index is 0.0114. The number of aryl methyl sites for hydroxylation is 1. The number of rotatable bonds is 5. The summed E-state index contributed by atoms with van der Waals surface area (Å²) in [5.41, 5.74) is 1.75. The normalized spacial score (nSPS) is 18.4. The van der Waals surface area contributed by atoms with Crippen molar-refractivity contribution in [2.75, 3.05) is 32.0 Å². The van der Waals surface area contributed by atoms with E-state index < -0.39 is 0 Å². The first-order chi connectivity index (χ1) is 13.5. The number of hydrogen-bond acceptors (Lipinski definition) is 5. The summed E-state index contributed by atoms with van der Waals surface area (Å²) in [7, 11) is 0. The Hall–Kier alpha value is -2.02. The molecule has 2 aliphatic heterocycles. The second kappa shape index (κ2) is 8.99. The van der Waals surface area contributed by atoms with Crippen LogP contribution in [0.4, 0.5) is 0 Å². The number of carbonyl (C=O) groups excluding carboxylic acids is 3. The summed E-state index contributed by atoms with van der Waals surface area (Å²) < 4.78 is 4.89. The van der Waals surface area contributed by atoms with E-state index in [1.165, 1.54) is 0 Å². The summed E-state index contributed by atoms with van der Waals surface area (Å²) in [6.45, 7) is 6.04. The monoisotopic (exact) mass is 404 g/mol. The number of ether oxygens (including phenoxy) is 1. The highest BCUT2D eigenvalue weighted by Crippen LogP contribution is 2.44. The van der Waals surface area contributed by atoms with Crippen molar-refractivity contribution in [3.8, 4) is 0 Å². The maximum atomic E-state index is 13.2. The van der Waals surface area contributed by atoms with E-state index in [0.29, 0.717) is 19.7 Å². The largest absolute Gasteiger partial charge is 0.466 e. The molecule has 2 saturated heterocycles. The van der Waals surface area contributed by atoms with Crippen molar-refractivity contribution in [1.82, 2.24) is 9.80 Å². The predicted octanol–water partition coefficient (Wildman–Crippen LogP) is 2.85. The average molecular weight is 405 g/mol. The Kier molecular flexibility index (Phi) is 6.65. The first-order valence-corrected chi connectivity index (χ1v) is 10.9. The minimum atomic E-state index is -0.328. The van der Waals surface area contributed by atoms with E-state index in [4.69, 9.17) is 4.74 Å². The Labute approximate surface area is 170 Å². The molecule has 0 unspecified atom stereocenters. The minimum Gasteiger partial charge on any atom is -0.466 e. The highest BCUT2D eigenvalue weighted by atomic mass is 32.2. The van der Waals surface area contributed by atoms with E-state index in [9.17, 15) is 14.4 Å². The van der Waals surface area contributed by atoms with Crippen molar-refractivity contribution in [2.45, 2.75) is 44.4 Å². The van der Waals surface area contributed by atoms with Crippen LogP contribution in [-0.4, -0.2) is 64.4 Å². The number of benzene rings is 1. The van der Waals surface area contributed by atoms with Gasteiger partial charge in [0.15, 0.2) is 0 Å². The van der Waals surface area contributed by atoms with Crippen molar-refractivity contribution in [1.29, 1.82) is 0 Å². The molecule has 0 atom stereocenters. The Bertz CT molecular complexity index is 744. The van der Waals surface area contributed by atoms with E-state index in [-0.39, 0.29) is 35.5 Å². The van der Waals surface area contributed by atoms with Crippen molar-refractivity contribution in [3.05, 3.63) is 35.4 Å². The molecule has 7 heteroatoms. The molecule has 1 aromatic rings. The van der Waals surface area contributed by atoms with Crippen LogP contribution in [0.2, 0.25) is 0 Å². The topological polar surface area (TPSA) is 66.9 Å². The Morgan fingerprint density at radius 1 is 1.11 bits per heavy atom. The molecule has 6 nitrogen and oxygen atoms in total. The van der Waals surface area contributed by atoms with Gasteiger partial charge in [-0.1, -0.05) is 18.2 Å². The van der Waals surface area contributed by atoms with Crippen molar-refractivity contribution < 1.29 is 19.1 Å². The molecule has 0 aliphatic carbocycles. The maximum absolute atomic E-state index is 13.2. The molecule has 152 valence electrons. The summed E-state index contributed by atoms with van der Waals surface area (Å²) in [6.07, 6.45) is 1.84. The number of thioether (sulfide) groups is 1. The molecule has 0 radical (unpaired) electrons. The third-order valence-electron chi connectivity index (χ3n) is 5.54. The van der Waals surface area contributed by atoms with Gasteiger partial charge in [-0.25, -0.2) is 0 Å². The van der Waals surface area contributed by atoms with Gasteiger partial charge >= 0.3 is 5.97 Å². The smallest absolute Gasteiger partial charge is 0.306 e. The summed E-state index contributed by atoms with van der Waals surface area (Å²) >= 11 is 1.83. The molecule has 2 heterocycles. The standard InChI is InChI=1S/C21H28N2O4S/c1-3-27-19(25)9-8-18(24)22-12-10-21(11-13-22)23(14-15-28-21)20(26)17-7-5-4-6-16(17)2/h4-7H,3,8-15H2,1-2H3. The average Bonchev–Trinajstić information content (AvgIpc) is 3.10. The lowest BCUT2D eigenvalue weighted by Gasteiger charge is -2.44. The zero-order chi connectivity index (χ0) is 20.1. The van der Waals surface area contributed by atoms with Gasteiger partial charge in [0.25, 0.3) is 5.91 Å². The van der Waals surface area contributed by atoms with Crippen LogP contribution >= 0.6 is 11.8 Å². The van der Waals surface area contributed by atoms with Crippen LogP contribution in [0.1, 0.15) is 48.5 Å². The van der Waals surface area contributed by atoms with E-state index in [2.05, 4.69) is 0 Å². The lowest BCUT2D eigenvalue weighted by Crippen LogP contribution is -2.53. The SMILES string of the molecule is CCOC(=O)CCC(=O)N1CCC2(CC1)SCCN2C(=O)c1ccccc1C. The second-order valence-electron chi connectivity index (χ2n) is 7.25. The van der Waals surface area contributed by atoms with Crippen LogP contribution in [0.3, 0.4) is 0 Å². The van der Waals surface area contributed by atoms with Crippen molar-refractivity contribution >= 4 is 29.5 Å². The van der Waals surface area contributed by atoms with E-state index in [1.54, 1.807) is 6.92 Å². The zero-order valence-corrected chi connectivity index (χ0v) is 17.4. The lowest BCUT2D eigenvalue weighted by atomic mass is 9.99. The molecule has 0 saturated carbocycles. The van der Waals surface area contributed by atoms with Gasteiger partial charge in [-0.05, 0) is 38.3 Å². The highest BCUT2D eigenvalue weighted by molar-refractivity contribution is 8.00. The van der Waals surface area contributed by atoms with Gasteiger partial charge in [-0.15, -0.1) is 11.8 Å². The highest BCUT2D eigenvalue weighted by Gasteiger charge is 2.47. The maximum Gasteiger partial charge on any atom is 0.306 e. The second-order valence-corrected chi connectivity index (χ2v) is 8.71. The Balaban J connectivity index is 1.60. The molecule has 1 aromatic carbocycles. The number of hydrogen-bond donors (Lipinski definition) is 0. The molecule has 1 spiro atoms. The molecule has 28 heavy (non-hydrogen) atoms. The summed E-state index contributed by atoms with van der Waals surface area (Å²) in [5, 5.41) is 0. The summed E-state index contributed by atoms with van der Waals surface area (Å²) in [4.78, 5) is 40.7. The molecule has 3 rings (SSSR count). The van der Waals surface area contributed by atoms with Gasteiger partial charge < -0.3 is 14.5 Å². The molecule has 0 N–H and O–H groups in total. The van der Waals surface area contributed by atoms with Crippen LogP contribution in [-0.2, 0) is 14.3 Å². The van der Waals surface area contributed by atoms with Crippen LogP contribution < -0.4 is 0 Å². The number of nitrogens with zero attached hydrogens (tertiary/aromatic N) is 2. The summed E-state index contributed by atoms with van der Waals surface area (Å²) in [5.74, 6) is 0.674. The fraction of sp³-hybridized carbons (Fsp3) is 0.571. The van der Waals surface area contributed by atoms with E-state index >= 15 is 0 Å². The number of carbonyl (C=O) groups is 3. The van der Waals surface area contributed by atoms with Gasteiger partial charge in [0.05, 0.1) is 17.9 Å². The first-order valence-electron chi connectivity index (χ1n) is 9.92. The third-order valence-corrected chi connectivity index (χ3v) is 7.10. The zero-order valence-electron chi connectivity index (χ0n) is 16.6. The summed E-state index contributed by atoms with van der Waals surface area (Å²) in [6, 6.07) is 7.71. The molecular formula is C21H28N2O4S. The first kappa shape index (κ1) is 20.7. The number of likely N-dealkylation sites (tertiary alicyclic amines) is 1. The van der Waals surface area contributed by atoms with Crippen LogP contribution in [0.15, 0.2) is 24.3 Å². The Morgan fingerprint density at radius 2 is 1.82 bits per heavy atom. The van der Waals surface area contributed by atoms with E-state index in [0.717, 1.165) is 36.3 Å².